The predicted molar refractivity (Wildman–Crippen MR) is 66.7 cm³/mol. The van der Waals surface area contributed by atoms with Gasteiger partial charge in [0.2, 0.25) is 5.91 Å². The number of carboxylic acid groups (broad SMARTS) is 1. The van der Waals surface area contributed by atoms with E-state index in [1.54, 1.807) is 7.11 Å². The summed E-state index contributed by atoms with van der Waals surface area (Å²) in [5.41, 5.74) is -0.248. The molecule has 0 heterocycles. The van der Waals surface area contributed by atoms with Crippen molar-refractivity contribution in [3.8, 4) is 0 Å². The summed E-state index contributed by atoms with van der Waals surface area (Å²) in [4.78, 5) is 22.2. The Morgan fingerprint density at radius 1 is 1.42 bits per heavy atom. The van der Waals surface area contributed by atoms with E-state index in [1.165, 1.54) is 6.07 Å². The first-order chi connectivity index (χ1) is 9.04. The standard InChI is InChI=1S/C12H15FN2O4/c1-19-5-4-14-7-11(16)15-8-2-3-10(13)9(6-8)12(17)18/h2-3,6,14H,4-5,7H2,1H3,(H,15,16)(H,17,18). The number of rotatable bonds is 7. The van der Waals surface area contributed by atoms with Crippen LogP contribution in [0.25, 0.3) is 0 Å². The molecule has 0 bridgehead atoms. The topological polar surface area (TPSA) is 87.7 Å². The largest absolute Gasteiger partial charge is 0.478 e. The molecule has 7 heteroatoms. The van der Waals surface area contributed by atoms with Crippen molar-refractivity contribution in [1.82, 2.24) is 5.32 Å². The summed E-state index contributed by atoms with van der Waals surface area (Å²) in [6, 6.07) is 3.37. The summed E-state index contributed by atoms with van der Waals surface area (Å²) in [7, 11) is 1.55. The van der Waals surface area contributed by atoms with Crippen molar-refractivity contribution < 1.29 is 23.8 Å². The van der Waals surface area contributed by atoms with Gasteiger partial charge in [0, 0.05) is 19.3 Å². The Bertz CT molecular complexity index is 465. The highest BCUT2D eigenvalue weighted by atomic mass is 19.1. The molecule has 0 radical (unpaired) electrons. The molecular weight excluding hydrogens is 255 g/mol. The lowest BCUT2D eigenvalue weighted by atomic mass is 10.2. The van der Waals surface area contributed by atoms with Gasteiger partial charge in [0.1, 0.15) is 5.82 Å². The molecular formula is C12H15FN2O4. The summed E-state index contributed by atoms with van der Waals surface area (Å²) in [6.07, 6.45) is 0. The zero-order valence-corrected chi connectivity index (χ0v) is 10.4. The van der Waals surface area contributed by atoms with Gasteiger partial charge in [-0.05, 0) is 18.2 Å². The molecule has 0 saturated heterocycles. The molecule has 0 aliphatic carbocycles. The van der Waals surface area contributed by atoms with E-state index in [4.69, 9.17) is 9.84 Å². The second-order valence-corrected chi connectivity index (χ2v) is 3.72. The minimum Gasteiger partial charge on any atom is -0.478 e. The number of amides is 1. The number of carboxylic acids is 1. The Labute approximate surface area is 109 Å². The maximum Gasteiger partial charge on any atom is 0.338 e. The first-order valence-electron chi connectivity index (χ1n) is 5.57. The fourth-order valence-corrected chi connectivity index (χ4v) is 1.35. The quantitative estimate of drug-likeness (QED) is 0.635. The van der Waals surface area contributed by atoms with Crippen LogP contribution in [0.3, 0.4) is 0 Å². The molecule has 1 rings (SSSR count). The lowest BCUT2D eigenvalue weighted by molar-refractivity contribution is -0.115. The molecule has 0 aliphatic rings. The highest BCUT2D eigenvalue weighted by molar-refractivity contribution is 5.94. The van der Waals surface area contributed by atoms with E-state index in [9.17, 15) is 14.0 Å². The van der Waals surface area contributed by atoms with Crippen molar-refractivity contribution in [1.29, 1.82) is 0 Å². The number of carbonyl (C=O) groups excluding carboxylic acids is 1. The van der Waals surface area contributed by atoms with E-state index < -0.39 is 17.3 Å². The van der Waals surface area contributed by atoms with E-state index in [-0.39, 0.29) is 18.1 Å². The van der Waals surface area contributed by atoms with Crippen LogP contribution in [0.5, 0.6) is 0 Å². The minimum atomic E-state index is -1.38. The summed E-state index contributed by atoms with van der Waals surface area (Å²) < 4.78 is 17.9. The van der Waals surface area contributed by atoms with Gasteiger partial charge in [0.15, 0.2) is 0 Å². The molecule has 0 unspecified atom stereocenters. The van der Waals surface area contributed by atoms with Crippen LogP contribution in [0.2, 0.25) is 0 Å². The van der Waals surface area contributed by atoms with Gasteiger partial charge in [0.05, 0.1) is 18.7 Å². The first-order valence-corrected chi connectivity index (χ1v) is 5.57. The second kappa shape index (κ2) is 7.45. The van der Waals surface area contributed by atoms with Crippen molar-refractivity contribution in [2.24, 2.45) is 0 Å². The van der Waals surface area contributed by atoms with Gasteiger partial charge >= 0.3 is 5.97 Å². The van der Waals surface area contributed by atoms with Crippen LogP contribution in [0.15, 0.2) is 18.2 Å². The van der Waals surface area contributed by atoms with E-state index in [0.717, 1.165) is 12.1 Å². The number of nitrogens with one attached hydrogen (secondary N) is 2. The Hall–Kier alpha value is -1.99. The number of benzene rings is 1. The minimum absolute atomic E-state index is 0.0587. The Morgan fingerprint density at radius 2 is 2.16 bits per heavy atom. The van der Waals surface area contributed by atoms with Crippen LogP contribution in [0.4, 0.5) is 10.1 Å². The summed E-state index contributed by atoms with van der Waals surface area (Å²) in [5.74, 6) is -2.57. The van der Waals surface area contributed by atoms with E-state index in [1.807, 2.05) is 0 Å². The highest BCUT2D eigenvalue weighted by Crippen LogP contribution is 2.14. The van der Waals surface area contributed by atoms with Gasteiger partial charge < -0.3 is 20.5 Å². The summed E-state index contributed by atoms with van der Waals surface area (Å²) in [5, 5.41) is 14.0. The lowest BCUT2D eigenvalue weighted by Crippen LogP contribution is -2.30. The zero-order valence-electron chi connectivity index (χ0n) is 10.4. The van der Waals surface area contributed by atoms with Crippen molar-refractivity contribution in [3.63, 3.8) is 0 Å². The molecule has 19 heavy (non-hydrogen) atoms. The smallest absolute Gasteiger partial charge is 0.338 e. The molecule has 0 saturated carbocycles. The van der Waals surface area contributed by atoms with Crippen molar-refractivity contribution in [3.05, 3.63) is 29.6 Å². The van der Waals surface area contributed by atoms with Crippen LogP contribution in [0, 0.1) is 5.82 Å². The average molecular weight is 270 g/mol. The van der Waals surface area contributed by atoms with Crippen LogP contribution in [0.1, 0.15) is 10.4 Å². The highest BCUT2D eigenvalue weighted by Gasteiger charge is 2.11. The fourth-order valence-electron chi connectivity index (χ4n) is 1.35. The number of carbonyl (C=O) groups is 2. The Balaban J connectivity index is 2.55. The number of methoxy groups -OCH3 is 1. The number of hydrogen-bond donors (Lipinski definition) is 3. The predicted octanol–water partition coefficient (Wildman–Crippen LogP) is 0.698. The fraction of sp³-hybridized carbons (Fsp3) is 0.333. The van der Waals surface area contributed by atoms with Gasteiger partial charge in [-0.1, -0.05) is 0 Å². The molecule has 0 aromatic heterocycles. The first kappa shape index (κ1) is 15.1. The number of aromatic carboxylic acids is 1. The van der Waals surface area contributed by atoms with Crippen LogP contribution in [-0.2, 0) is 9.53 Å². The Kier molecular flexibility index (Phi) is 5.91. The number of halogens is 1. The molecule has 1 aromatic rings. The molecule has 0 fully saturated rings. The van der Waals surface area contributed by atoms with Crippen LogP contribution >= 0.6 is 0 Å². The van der Waals surface area contributed by atoms with Gasteiger partial charge in [-0.2, -0.15) is 0 Å². The monoisotopic (exact) mass is 270 g/mol. The van der Waals surface area contributed by atoms with Gasteiger partial charge in [-0.25, -0.2) is 9.18 Å². The number of hydrogen-bond acceptors (Lipinski definition) is 4. The normalized spacial score (nSPS) is 10.2. The van der Waals surface area contributed by atoms with Gasteiger partial charge in [0.25, 0.3) is 0 Å². The van der Waals surface area contributed by atoms with Crippen LogP contribution in [-0.4, -0.2) is 43.8 Å². The van der Waals surface area contributed by atoms with E-state index in [0.29, 0.717) is 13.2 Å². The molecule has 1 amide bonds. The molecule has 1 aromatic carbocycles. The third-order valence-electron chi connectivity index (χ3n) is 2.25. The van der Waals surface area contributed by atoms with E-state index >= 15 is 0 Å². The third kappa shape index (κ3) is 5.02. The van der Waals surface area contributed by atoms with Crippen molar-refractivity contribution in [2.45, 2.75) is 0 Å². The SMILES string of the molecule is COCCNCC(=O)Nc1ccc(F)c(C(=O)O)c1. The molecule has 3 N–H and O–H groups in total. The second-order valence-electron chi connectivity index (χ2n) is 3.72. The van der Waals surface area contributed by atoms with Gasteiger partial charge in [-0.15, -0.1) is 0 Å². The van der Waals surface area contributed by atoms with Crippen LogP contribution < -0.4 is 10.6 Å². The molecule has 104 valence electrons. The number of ether oxygens (including phenoxy) is 1. The van der Waals surface area contributed by atoms with Crippen molar-refractivity contribution >= 4 is 17.6 Å². The summed E-state index contributed by atoms with van der Waals surface area (Å²) >= 11 is 0. The maximum atomic E-state index is 13.1. The molecule has 0 aliphatic heterocycles. The lowest BCUT2D eigenvalue weighted by Gasteiger charge is -2.07. The molecule has 0 spiro atoms. The summed E-state index contributed by atoms with van der Waals surface area (Å²) in [6.45, 7) is 1.06. The molecule has 0 atom stereocenters. The van der Waals surface area contributed by atoms with Gasteiger partial charge in [-0.3, -0.25) is 4.79 Å². The third-order valence-corrected chi connectivity index (χ3v) is 2.25. The maximum absolute atomic E-state index is 13.1. The average Bonchev–Trinajstić information content (AvgIpc) is 2.36. The molecule has 6 nitrogen and oxygen atoms in total. The van der Waals surface area contributed by atoms with Crippen molar-refractivity contribution in [2.75, 3.05) is 32.1 Å². The number of anilines is 1. The zero-order chi connectivity index (χ0) is 14.3. The van der Waals surface area contributed by atoms with E-state index in [2.05, 4.69) is 10.6 Å². The Morgan fingerprint density at radius 3 is 2.79 bits per heavy atom.